The van der Waals surface area contributed by atoms with Crippen LogP contribution in [0.15, 0.2) is 11.6 Å². The number of rotatable bonds is 0. The molecule has 1 aliphatic heterocycles. The summed E-state index contributed by atoms with van der Waals surface area (Å²) in [6.07, 6.45) is 9.37. The molecule has 0 spiro atoms. The molecule has 0 amide bonds. The molecular formula is C9H13N. The van der Waals surface area contributed by atoms with Gasteiger partial charge in [-0.15, -0.1) is 6.42 Å². The van der Waals surface area contributed by atoms with Crippen LogP contribution in [0.3, 0.4) is 0 Å². The lowest BCUT2D eigenvalue weighted by Crippen LogP contribution is -2.26. The lowest BCUT2D eigenvalue weighted by atomic mass is 10.0. The molecule has 0 aromatic heterocycles. The van der Waals surface area contributed by atoms with Crippen LogP contribution in [-0.4, -0.2) is 25.0 Å². The maximum Gasteiger partial charge on any atom is 0.00160 e. The SMILES string of the molecule is C#CC=C1CCN(C)CC1. The average Bonchev–Trinajstić information content (AvgIpc) is 1.95. The van der Waals surface area contributed by atoms with Gasteiger partial charge in [0.2, 0.25) is 0 Å². The predicted octanol–water partition coefficient (Wildman–Crippen LogP) is 1.27. The number of hydrogen-bond acceptors (Lipinski definition) is 1. The average molecular weight is 135 g/mol. The fourth-order valence-corrected chi connectivity index (χ4v) is 1.17. The Bertz CT molecular complexity index is 164. The van der Waals surface area contributed by atoms with E-state index in [-0.39, 0.29) is 0 Å². The van der Waals surface area contributed by atoms with Crippen molar-refractivity contribution in [3.8, 4) is 12.3 Å². The van der Waals surface area contributed by atoms with Crippen LogP contribution in [0.4, 0.5) is 0 Å². The molecule has 54 valence electrons. The first-order valence-electron chi connectivity index (χ1n) is 3.65. The Morgan fingerprint density at radius 3 is 2.60 bits per heavy atom. The van der Waals surface area contributed by atoms with Gasteiger partial charge in [-0.1, -0.05) is 11.5 Å². The van der Waals surface area contributed by atoms with E-state index in [0.29, 0.717) is 0 Å². The van der Waals surface area contributed by atoms with Gasteiger partial charge in [-0.25, -0.2) is 0 Å². The van der Waals surface area contributed by atoms with Crippen molar-refractivity contribution in [1.29, 1.82) is 0 Å². The summed E-state index contributed by atoms with van der Waals surface area (Å²) in [4.78, 5) is 2.33. The van der Waals surface area contributed by atoms with Gasteiger partial charge in [0, 0.05) is 13.1 Å². The van der Waals surface area contributed by atoms with Gasteiger partial charge in [-0.2, -0.15) is 0 Å². The summed E-state index contributed by atoms with van der Waals surface area (Å²) in [6, 6.07) is 0. The zero-order valence-electron chi connectivity index (χ0n) is 6.43. The monoisotopic (exact) mass is 135 g/mol. The summed E-state index contributed by atoms with van der Waals surface area (Å²) < 4.78 is 0. The molecule has 0 saturated carbocycles. The van der Waals surface area contributed by atoms with Crippen molar-refractivity contribution in [3.05, 3.63) is 11.6 Å². The van der Waals surface area contributed by atoms with Gasteiger partial charge in [0.05, 0.1) is 0 Å². The van der Waals surface area contributed by atoms with Crippen LogP contribution in [0.5, 0.6) is 0 Å². The minimum Gasteiger partial charge on any atom is -0.306 e. The predicted molar refractivity (Wildman–Crippen MR) is 43.6 cm³/mol. The molecule has 0 aromatic rings. The Morgan fingerprint density at radius 2 is 2.10 bits per heavy atom. The molecule has 0 N–H and O–H groups in total. The van der Waals surface area contributed by atoms with Crippen molar-refractivity contribution >= 4 is 0 Å². The van der Waals surface area contributed by atoms with E-state index < -0.39 is 0 Å². The third-order valence-corrected chi connectivity index (χ3v) is 1.92. The Kier molecular flexibility index (Phi) is 2.53. The number of hydrogen-bond donors (Lipinski definition) is 0. The molecule has 10 heavy (non-hydrogen) atoms. The third-order valence-electron chi connectivity index (χ3n) is 1.92. The fraction of sp³-hybridized carbons (Fsp3) is 0.556. The normalized spacial score (nSPS) is 20.2. The Hall–Kier alpha value is -0.740. The summed E-state index contributed by atoms with van der Waals surface area (Å²) in [5, 5.41) is 0. The second-order valence-electron chi connectivity index (χ2n) is 2.77. The van der Waals surface area contributed by atoms with Crippen molar-refractivity contribution in [2.45, 2.75) is 12.8 Å². The van der Waals surface area contributed by atoms with E-state index in [0.717, 1.165) is 25.9 Å². The topological polar surface area (TPSA) is 3.24 Å². The van der Waals surface area contributed by atoms with E-state index in [4.69, 9.17) is 6.42 Å². The molecule has 0 atom stereocenters. The third kappa shape index (κ3) is 1.89. The van der Waals surface area contributed by atoms with Crippen LogP contribution in [-0.2, 0) is 0 Å². The van der Waals surface area contributed by atoms with Crippen molar-refractivity contribution in [3.63, 3.8) is 0 Å². The summed E-state index contributed by atoms with van der Waals surface area (Å²) in [7, 11) is 2.15. The number of likely N-dealkylation sites (tertiary alicyclic amines) is 1. The van der Waals surface area contributed by atoms with Crippen LogP contribution in [0.1, 0.15) is 12.8 Å². The molecule has 0 bridgehead atoms. The zero-order chi connectivity index (χ0) is 7.40. The highest BCUT2D eigenvalue weighted by molar-refractivity contribution is 5.18. The summed E-state index contributed by atoms with van der Waals surface area (Å²) in [6.45, 7) is 2.32. The first-order valence-corrected chi connectivity index (χ1v) is 3.65. The van der Waals surface area contributed by atoms with Crippen LogP contribution >= 0.6 is 0 Å². The molecule has 1 aliphatic rings. The van der Waals surface area contributed by atoms with Gasteiger partial charge in [0.15, 0.2) is 0 Å². The lowest BCUT2D eigenvalue weighted by Gasteiger charge is -2.23. The van der Waals surface area contributed by atoms with E-state index in [9.17, 15) is 0 Å². The van der Waals surface area contributed by atoms with Crippen LogP contribution < -0.4 is 0 Å². The fourth-order valence-electron chi connectivity index (χ4n) is 1.17. The Morgan fingerprint density at radius 1 is 1.50 bits per heavy atom. The molecule has 1 saturated heterocycles. The molecule has 1 heteroatoms. The van der Waals surface area contributed by atoms with Gasteiger partial charge in [0.25, 0.3) is 0 Å². The van der Waals surface area contributed by atoms with Gasteiger partial charge in [0.1, 0.15) is 0 Å². The smallest absolute Gasteiger partial charge is 0.00160 e. The minimum atomic E-state index is 1.15. The van der Waals surface area contributed by atoms with Gasteiger partial charge < -0.3 is 4.90 Å². The zero-order valence-corrected chi connectivity index (χ0v) is 6.43. The van der Waals surface area contributed by atoms with Crippen molar-refractivity contribution in [1.82, 2.24) is 4.90 Å². The molecule has 0 aliphatic carbocycles. The molecule has 1 rings (SSSR count). The summed E-state index contributed by atoms with van der Waals surface area (Å²) >= 11 is 0. The quantitative estimate of drug-likeness (QED) is 0.452. The van der Waals surface area contributed by atoms with Gasteiger partial charge in [-0.05, 0) is 26.0 Å². The Balaban J connectivity index is 2.42. The van der Waals surface area contributed by atoms with Crippen LogP contribution in [0, 0.1) is 12.3 Å². The molecule has 0 radical (unpaired) electrons. The van der Waals surface area contributed by atoms with Crippen molar-refractivity contribution < 1.29 is 0 Å². The molecule has 0 aromatic carbocycles. The number of nitrogens with zero attached hydrogens (tertiary/aromatic N) is 1. The standard InChI is InChI=1S/C9H13N/c1-3-4-9-5-7-10(2)8-6-9/h1,4H,5-8H2,2H3. The molecule has 1 fully saturated rings. The highest BCUT2D eigenvalue weighted by Crippen LogP contribution is 2.13. The van der Waals surface area contributed by atoms with E-state index in [2.05, 4.69) is 17.9 Å². The maximum absolute atomic E-state index is 5.15. The number of piperidine rings is 1. The summed E-state index contributed by atoms with van der Waals surface area (Å²) in [5.74, 6) is 2.57. The highest BCUT2D eigenvalue weighted by atomic mass is 15.1. The first kappa shape index (κ1) is 7.37. The second-order valence-corrected chi connectivity index (χ2v) is 2.77. The number of allylic oxidation sites excluding steroid dienone is 1. The molecule has 1 nitrogen and oxygen atoms in total. The van der Waals surface area contributed by atoms with E-state index in [1.165, 1.54) is 5.57 Å². The van der Waals surface area contributed by atoms with Crippen LogP contribution in [0.2, 0.25) is 0 Å². The van der Waals surface area contributed by atoms with Crippen molar-refractivity contribution in [2.24, 2.45) is 0 Å². The second kappa shape index (κ2) is 3.43. The van der Waals surface area contributed by atoms with E-state index in [1.54, 1.807) is 0 Å². The number of terminal acetylenes is 1. The van der Waals surface area contributed by atoms with Gasteiger partial charge in [-0.3, -0.25) is 0 Å². The molecule has 1 heterocycles. The molecule has 0 unspecified atom stereocenters. The maximum atomic E-state index is 5.15. The highest BCUT2D eigenvalue weighted by Gasteiger charge is 2.08. The molecular weight excluding hydrogens is 122 g/mol. The first-order chi connectivity index (χ1) is 4.83. The van der Waals surface area contributed by atoms with Crippen LogP contribution in [0.25, 0.3) is 0 Å². The lowest BCUT2D eigenvalue weighted by molar-refractivity contribution is 0.312. The Labute approximate surface area is 62.7 Å². The van der Waals surface area contributed by atoms with E-state index >= 15 is 0 Å². The largest absolute Gasteiger partial charge is 0.306 e. The summed E-state index contributed by atoms with van der Waals surface area (Å²) in [5.41, 5.74) is 1.43. The minimum absolute atomic E-state index is 1.15. The van der Waals surface area contributed by atoms with E-state index in [1.807, 2.05) is 6.08 Å². The van der Waals surface area contributed by atoms with Crippen molar-refractivity contribution in [2.75, 3.05) is 20.1 Å². The van der Waals surface area contributed by atoms with Gasteiger partial charge >= 0.3 is 0 Å².